The summed E-state index contributed by atoms with van der Waals surface area (Å²) in [6.07, 6.45) is 6.16. The van der Waals surface area contributed by atoms with Crippen molar-refractivity contribution in [2.45, 2.75) is 39.2 Å². The van der Waals surface area contributed by atoms with Crippen LogP contribution in [0.3, 0.4) is 0 Å². The van der Waals surface area contributed by atoms with Gasteiger partial charge in [-0.25, -0.2) is 4.98 Å². The molecule has 1 aromatic carbocycles. The van der Waals surface area contributed by atoms with Crippen molar-refractivity contribution in [3.63, 3.8) is 0 Å². The zero-order chi connectivity index (χ0) is 18.3. The first-order valence-electron chi connectivity index (χ1n) is 8.47. The average molecular weight is 342 g/mol. The minimum absolute atomic E-state index is 0.0229. The number of carbonyl (C=O) groups excluding carboxylic acids is 2. The van der Waals surface area contributed by atoms with Gasteiger partial charge >= 0.3 is 0 Å². The summed E-state index contributed by atoms with van der Waals surface area (Å²) in [5, 5.41) is 5.44. The lowest BCUT2D eigenvalue weighted by Crippen LogP contribution is -2.37. The Morgan fingerprint density at radius 1 is 1.12 bits per heavy atom. The molecule has 0 saturated carbocycles. The van der Waals surface area contributed by atoms with Gasteiger partial charge in [-0.1, -0.05) is 32.9 Å². The fourth-order valence-corrected chi connectivity index (χ4v) is 2.36. The van der Waals surface area contributed by atoms with Gasteiger partial charge in [-0.2, -0.15) is 0 Å². The smallest absolute Gasteiger partial charge is 0.251 e. The number of nitrogens with one attached hydrogen (secondary N) is 2. The molecule has 0 aliphatic rings. The Morgan fingerprint density at radius 3 is 2.44 bits per heavy atom. The molecule has 2 aromatic rings. The highest BCUT2D eigenvalue weighted by molar-refractivity contribution is 5.96. The van der Waals surface area contributed by atoms with Crippen molar-refractivity contribution < 1.29 is 9.59 Å². The normalized spacial score (nSPS) is 11.2. The van der Waals surface area contributed by atoms with Gasteiger partial charge < -0.3 is 15.2 Å². The molecule has 25 heavy (non-hydrogen) atoms. The van der Waals surface area contributed by atoms with Crippen LogP contribution in [0.15, 0.2) is 43.0 Å². The first-order chi connectivity index (χ1) is 11.9. The molecular weight excluding hydrogens is 316 g/mol. The maximum atomic E-state index is 12.1. The van der Waals surface area contributed by atoms with Gasteiger partial charge in [0.2, 0.25) is 5.91 Å². The zero-order valence-corrected chi connectivity index (χ0v) is 15.1. The van der Waals surface area contributed by atoms with E-state index in [2.05, 4.69) is 36.4 Å². The minimum atomic E-state index is -0.242. The first kappa shape index (κ1) is 18.7. The van der Waals surface area contributed by atoms with E-state index in [9.17, 15) is 9.59 Å². The van der Waals surface area contributed by atoms with E-state index in [4.69, 9.17) is 0 Å². The number of aromatic nitrogens is 2. The Morgan fingerprint density at radius 2 is 1.84 bits per heavy atom. The quantitative estimate of drug-likeness (QED) is 0.757. The Balaban J connectivity index is 1.69. The van der Waals surface area contributed by atoms with Crippen molar-refractivity contribution >= 4 is 11.8 Å². The van der Waals surface area contributed by atoms with Gasteiger partial charge in [-0.3, -0.25) is 9.59 Å². The van der Waals surface area contributed by atoms with Gasteiger partial charge in [0.05, 0.1) is 12.9 Å². The molecule has 134 valence electrons. The summed E-state index contributed by atoms with van der Waals surface area (Å²) in [7, 11) is 0. The van der Waals surface area contributed by atoms with Gasteiger partial charge in [0.15, 0.2) is 0 Å². The van der Waals surface area contributed by atoms with Gasteiger partial charge in [0.1, 0.15) is 0 Å². The number of carbonyl (C=O) groups is 2. The molecule has 1 aromatic heterocycles. The fraction of sp³-hybridized carbons (Fsp3) is 0.421. The lowest BCUT2D eigenvalue weighted by atomic mass is 9.87. The molecule has 0 fully saturated rings. The van der Waals surface area contributed by atoms with Gasteiger partial charge in [-0.15, -0.1) is 0 Å². The topological polar surface area (TPSA) is 76.0 Å². The number of nitrogens with zero attached hydrogens (tertiary/aromatic N) is 2. The molecule has 0 aliphatic carbocycles. The van der Waals surface area contributed by atoms with Crippen LogP contribution in [0, 0.1) is 0 Å². The number of aryl methyl sites for hydroxylation is 1. The summed E-state index contributed by atoms with van der Waals surface area (Å²) < 4.78 is 1.95. The number of imidazole rings is 1. The molecular formula is C19H26N4O2. The van der Waals surface area contributed by atoms with Crippen LogP contribution >= 0.6 is 0 Å². The minimum Gasteiger partial charge on any atom is -0.355 e. The van der Waals surface area contributed by atoms with Crippen molar-refractivity contribution in [2.75, 3.05) is 13.1 Å². The first-order valence-corrected chi connectivity index (χ1v) is 8.47. The van der Waals surface area contributed by atoms with E-state index in [1.54, 1.807) is 24.7 Å². The summed E-state index contributed by atoms with van der Waals surface area (Å²) in [4.78, 5) is 27.8. The molecule has 0 aliphatic heterocycles. The highest BCUT2D eigenvalue weighted by Crippen LogP contribution is 2.22. The highest BCUT2D eigenvalue weighted by Gasteiger charge is 2.14. The third-order valence-corrected chi connectivity index (χ3v) is 3.90. The number of hydrogen-bond donors (Lipinski definition) is 2. The molecule has 0 bridgehead atoms. The maximum Gasteiger partial charge on any atom is 0.251 e. The van der Waals surface area contributed by atoms with E-state index in [-0.39, 0.29) is 23.8 Å². The van der Waals surface area contributed by atoms with Gasteiger partial charge in [-0.05, 0) is 29.5 Å². The largest absolute Gasteiger partial charge is 0.355 e. The van der Waals surface area contributed by atoms with Crippen LogP contribution in [0.4, 0.5) is 0 Å². The Hall–Kier alpha value is -2.63. The Labute approximate surface area is 148 Å². The second kappa shape index (κ2) is 8.46. The van der Waals surface area contributed by atoms with E-state index in [1.165, 1.54) is 5.56 Å². The standard InChI is InChI=1S/C19H26N4O2/c1-19(2,3)16-7-5-15(6-8-16)18(25)22-13-17(24)21-9-4-11-23-12-10-20-14-23/h5-8,10,12,14H,4,9,11,13H2,1-3H3,(H,21,24)(H,22,25). The maximum absolute atomic E-state index is 12.1. The molecule has 6 heteroatoms. The van der Waals surface area contributed by atoms with Gasteiger partial charge in [0, 0.05) is 31.0 Å². The van der Waals surface area contributed by atoms with Crippen LogP contribution in [0.2, 0.25) is 0 Å². The molecule has 1 heterocycles. The van der Waals surface area contributed by atoms with Crippen LogP contribution < -0.4 is 10.6 Å². The second-order valence-corrected chi connectivity index (χ2v) is 7.01. The van der Waals surface area contributed by atoms with E-state index >= 15 is 0 Å². The van der Waals surface area contributed by atoms with E-state index < -0.39 is 0 Å². The van der Waals surface area contributed by atoms with Crippen molar-refractivity contribution in [3.05, 3.63) is 54.1 Å². The van der Waals surface area contributed by atoms with Gasteiger partial charge in [0.25, 0.3) is 5.91 Å². The Bertz CT molecular complexity index is 685. The molecule has 6 nitrogen and oxygen atoms in total. The number of hydrogen-bond acceptors (Lipinski definition) is 3. The molecule has 2 N–H and O–H groups in total. The third-order valence-electron chi connectivity index (χ3n) is 3.90. The van der Waals surface area contributed by atoms with E-state index in [0.29, 0.717) is 12.1 Å². The van der Waals surface area contributed by atoms with Crippen molar-refractivity contribution in [1.29, 1.82) is 0 Å². The van der Waals surface area contributed by atoms with Crippen molar-refractivity contribution in [1.82, 2.24) is 20.2 Å². The highest BCUT2D eigenvalue weighted by atomic mass is 16.2. The van der Waals surface area contributed by atoms with Crippen LogP contribution in [0.25, 0.3) is 0 Å². The predicted octanol–water partition coefficient (Wildman–Crippen LogP) is 2.12. The monoisotopic (exact) mass is 342 g/mol. The third kappa shape index (κ3) is 6.06. The number of benzene rings is 1. The van der Waals surface area contributed by atoms with Crippen LogP contribution in [-0.4, -0.2) is 34.5 Å². The molecule has 0 spiro atoms. The zero-order valence-electron chi connectivity index (χ0n) is 15.1. The lowest BCUT2D eigenvalue weighted by molar-refractivity contribution is -0.120. The van der Waals surface area contributed by atoms with Crippen molar-refractivity contribution in [2.24, 2.45) is 0 Å². The summed E-state index contributed by atoms with van der Waals surface area (Å²) >= 11 is 0. The summed E-state index contributed by atoms with van der Waals surface area (Å²) in [5.41, 5.74) is 1.77. The van der Waals surface area contributed by atoms with E-state index in [0.717, 1.165) is 13.0 Å². The van der Waals surface area contributed by atoms with E-state index in [1.807, 2.05) is 22.9 Å². The Kier molecular flexibility index (Phi) is 6.33. The lowest BCUT2D eigenvalue weighted by Gasteiger charge is -2.19. The van der Waals surface area contributed by atoms with Crippen LogP contribution in [-0.2, 0) is 16.8 Å². The predicted molar refractivity (Wildman–Crippen MR) is 97.3 cm³/mol. The molecule has 0 radical (unpaired) electrons. The number of amides is 2. The summed E-state index contributed by atoms with van der Waals surface area (Å²) in [6, 6.07) is 7.48. The SMILES string of the molecule is CC(C)(C)c1ccc(C(=O)NCC(=O)NCCCn2ccnc2)cc1. The van der Waals surface area contributed by atoms with Crippen LogP contribution in [0.5, 0.6) is 0 Å². The molecule has 2 amide bonds. The van der Waals surface area contributed by atoms with Crippen molar-refractivity contribution in [3.8, 4) is 0 Å². The fourth-order valence-electron chi connectivity index (χ4n) is 2.36. The number of rotatable bonds is 7. The van der Waals surface area contributed by atoms with Crippen LogP contribution in [0.1, 0.15) is 43.1 Å². The molecule has 0 saturated heterocycles. The molecule has 0 unspecified atom stereocenters. The molecule has 0 atom stereocenters. The summed E-state index contributed by atoms with van der Waals surface area (Å²) in [6.45, 7) is 7.71. The summed E-state index contributed by atoms with van der Waals surface area (Å²) in [5.74, 6) is -0.431. The molecule has 2 rings (SSSR count). The average Bonchev–Trinajstić information content (AvgIpc) is 3.09. The second-order valence-electron chi connectivity index (χ2n) is 7.01.